The summed E-state index contributed by atoms with van der Waals surface area (Å²) in [6, 6.07) is 0. The highest BCUT2D eigenvalue weighted by Gasteiger charge is 2.42. The van der Waals surface area contributed by atoms with Gasteiger partial charge in [0, 0.05) is 44.6 Å². The topological polar surface area (TPSA) is 63.2 Å². The zero-order valence-electron chi connectivity index (χ0n) is 15.0. The van der Waals surface area contributed by atoms with Crippen molar-refractivity contribution < 1.29 is 14.3 Å². The third kappa shape index (κ3) is 6.38. The molecule has 0 aromatic rings. The number of nitrogens with zero attached hydrogens (tertiary/aromatic N) is 2. The fourth-order valence-electron chi connectivity index (χ4n) is 3.36. The van der Waals surface area contributed by atoms with E-state index in [1.54, 1.807) is 0 Å². The van der Waals surface area contributed by atoms with Gasteiger partial charge in [-0.25, -0.2) is 0 Å². The molecule has 0 bridgehead atoms. The highest BCUT2D eigenvalue weighted by atomic mass is 127. The average molecular weight is 453 g/mol. The molecule has 2 saturated heterocycles. The van der Waals surface area contributed by atoms with E-state index in [1.807, 2.05) is 0 Å². The maximum Gasteiger partial charge on any atom is 0.305 e. The Labute approximate surface area is 162 Å². The molecule has 2 rings (SSSR count). The first-order chi connectivity index (χ1) is 11.2. The highest BCUT2D eigenvalue weighted by molar-refractivity contribution is 14.0. The van der Waals surface area contributed by atoms with Crippen molar-refractivity contribution in [3.8, 4) is 0 Å². The summed E-state index contributed by atoms with van der Waals surface area (Å²) in [7, 11) is 1.44. The van der Waals surface area contributed by atoms with Gasteiger partial charge in [0.15, 0.2) is 5.96 Å². The molecule has 2 heterocycles. The van der Waals surface area contributed by atoms with Crippen LogP contribution in [0.3, 0.4) is 0 Å². The van der Waals surface area contributed by atoms with Gasteiger partial charge >= 0.3 is 5.97 Å². The SMILES string of the molecule is CCNC(=NCCCCCC(=O)OC)N1CCC2(CCOC2)C1.I. The van der Waals surface area contributed by atoms with E-state index in [0.29, 0.717) is 11.8 Å². The molecular weight excluding hydrogens is 421 g/mol. The molecule has 24 heavy (non-hydrogen) atoms. The lowest BCUT2D eigenvalue weighted by Gasteiger charge is -2.25. The van der Waals surface area contributed by atoms with Gasteiger partial charge < -0.3 is 19.7 Å². The molecule has 0 aromatic carbocycles. The lowest BCUT2D eigenvalue weighted by Crippen LogP contribution is -2.41. The second-order valence-electron chi connectivity index (χ2n) is 6.60. The Morgan fingerprint density at radius 3 is 2.83 bits per heavy atom. The number of carbonyl (C=O) groups excluding carboxylic acids is 1. The number of halogens is 1. The van der Waals surface area contributed by atoms with Crippen molar-refractivity contribution in [3.05, 3.63) is 0 Å². The molecule has 0 saturated carbocycles. The summed E-state index contributed by atoms with van der Waals surface area (Å²) in [6.07, 6.45) is 5.79. The first-order valence-electron chi connectivity index (χ1n) is 8.87. The Morgan fingerprint density at radius 1 is 1.33 bits per heavy atom. The number of nitrogens with one attached hydrogen (secondary N) is 1. The maximum absolute atomic E-state index is 11.1. The van der Waals surface area contributed by atoms with E-state index in [2.05, 4.69) is 21.9 Å². The summed E-state index contributed by atoms with van der Waals surface area (Å²) in [4.78, 5) is 18.2. The summed E-state index contributed by atoms with van der Waals surface area (Å²) in [5.41, 5.74) is 0.358. The number of guanidine groups is 1. The number of aliphatic imine (C=N–C) groups is 1. The van der Waals surface area contributed by atoms with Crippen LogP contribution in [-0.2, 0) is 14.3 Å². The smallest absolute Gasteiger partial charge is 0.305 e. The van der Waals surface area contributed by atoms with Crippen LogP contribution < -0.4 is 5.32 Å². The minimum Gasteiger partial charge on any atom is -0.469 e. The highest BCUT2D eigenvalue weighted by Crippen LogP contribution is 2.38. The number of hydrogen-bond acceptors (Lipinski definition) is 4. The van der Waals surface area contributed by atoms with Crippen molar-refractivity contribution in [3.63, 3.8) is 0 Å². The first-order valence-corrected chi connectivity index (χ1v) is 8.87. The average Bonchev–Trinajstić information content (AvgIpc) is 3.19. The largest absolute Gasteiger partial charge is 0.469 e. The molecule has 0 aromatic heterocycles. The van der Waals surface area contributed by atoms with Crippen molar-refractivity contribution in [2.45, 2.75) is 45.4 Å². The molecule has 7 heteroatoms. The Balaban J connectivity index is 0.00000288. The molecule has 6 nitrogen and oxygen atoms in total. The molecule has 1 unspecified atom stereocenters. The molecule has 1 spiro atoms. The fourth-order valence-corrected chi connectivity index (χ4v) is 3.36. The number of ether oxygens (including phenoxy) is 2. The van der Waals surface area contributed by atoms with Crippen LogP contribution in [0.4, 0.5) is 0 Å². The number of methoxy groups -OCH3 is 1. The first kappa shape index (κ1) is 21.5. The van der Waals surface area contributed by atoms with E-state index < -0.39 is 0 Å². The number of unbranched alkanes of at least 4 members (excludes halogenated alkanes) is 2. The standard InChI is InChI=1S/C17H31N3O3.HI/c1-3-18-16(19-10-6-4-5-7-15(21)22-2)20-11-8-17(13-20)9-12-23-14-17;/h3-14H2,1-2H3,(H,18,19);1H. The van der Waals surface area contributed by atoms with E-state index in [-0.39, 0.29) is 29.9 Å². The second kappa shape index (κ2) is 11.1. The minimum atomic E-state index is -0.122. The molecule has 140 valence electrons. The van der Waals surface area contributed by atoms with Gasteiger partial charge in [-0.2, -0.15) is 0 Å². The molecule has 0 radical (unpaired) electrons. The number of esters is 1. The Morgan fingerprint density at radius 2 is 2.17 bits per heavy atom. The van der Waals surface area contributed by atoms with Crippen molar-refractivity contribution >= 4 is 35.9 Å². The van der Waals surface area contributed by atoms with E-state index in [9.17, 15) is 4.79 Å². The quantitative estimate of drug-likeness (QED) is 0.211. The van der Waals surface area contributed by atoms with Crippen LogP contribution >= 0.6 is 24.0 Å². The number of hydrogen-bond donors (Lipinski definition) is 1. The van der Waals surface area contributed by atoms with Crippen LogP contribution in [0.2, 0.25) is 0 Å². The van der Waals surface area contributed by atoms with E-state index in [0.717, 1.165) is 64.6 Å². The van der Waals surface area contributed by atoms with Crippen LogP contribution in [0.15, 0.2) is 4.99 Å². The molecule has 1 N–H and O–H groups in total. The van der Waals surface area contributed by atoms with Gasteiger partial charge in [0.1, 0.15) is 0 Å². The Bertz CT molecular complexity index is 412. The second-order valence-corrected chi connectivity index (χ2v) is 6.60. The van der Waals surface area contributed by atoms with Crippen LogP contribution in [0, 0.1) is 5.41 Å². The van der Waals surface area contributed by atoms with Crippen molar-refractivity contribution in [1.29, 1.82) is 0 Å². The van der Waals surface area contributed by atoms with Crippen LogP contribution in [-0.4, -0.2) is 63.3 Å². The maximum atomic E-state index is 11.1. The summed E-state index contributed by atoms with van der Waals surface area (Å²) in [5, 5.41) is 3.41. The van der Waals surface area contributed by atoms with Crippen LogP contribution in [0.25, 0.3) is 0 Å². The van der Waals surface area contributed by atoms with E-state index in [1.165, 1.54) is 20.0 Å². The summed E-state index contributed by atoms with van der Waals surface area (Å²) in [5.74, 6) is 0.909. The third-order valence-electron chi connectivity index (χ3n) is 4.79. The van der Waals surface area contributed by atoms with Gasteiger partial charge in [-0.1, -0.05) is 6.42 Å². The summed E-state index contributed by atoms with van der Waals surface area (Å²) < 4.78 is 10.2. The molecule has 2 fully saturated rings. The van der Waals surface area contributed by atoms with Gasteiger partial charge in [-0.15, -0.1) is 24.0 Å². The van der Waals surface area contributed by atoms with Gasteiger partial charge in [0.05, 0.1) is 13.7 Å². The number of rotatable bonds is 7. The van der Waals surface area contributed by atoms with Gasteiger partial charge in [-0.05, 0) is 32.6 Å². The molecule has 0 aliphatic carbocycles. The third-order valence-corrected chi connectivity index (χ3v) is 4.79. The molecule has 2 aliphatic heterocycles. The molecule has 0 amide bonds. The molecule has 2 aliphatic rings. The Hall–Kier alpha value is -0.570. The minimum absolute atomic E-state index is 0. The van der Waals surface area contributed by atoms with Crippen LogP contribution in [0.1, 0.15) is 45.4 Å². The van der Waals surface area contributed by atoms with Gasteiger partial charge in [-0.3, -0.25) is 9.79 Å². The summed E-state index contributed by atoms with van der Waals surface area (Å²) in [6.45, 7) is 7.73. The number of likely N-dealkylation sites (tertiary alicyclic amines) is 1. The lowest BCUT2D eigenvalue weighted by atomic mass is 9.87. The fraction of sp³-hybridized carbons (Fsp3) is 0.882. The zero-order chi connectivity index (χ0) is 16.5. The monoisotopic (exact) mass is 453 g/mol. The van der Waals surface area contributed by atoms with Crippen molar-refractivity contribution in [1.82, 2.24) is 10.2 Å². The predicted molar refractivity (Wildman–Crippen MR) is 106 cm³/mol. The van der Waals surface area contributed by atoms with Crippen molar-refractivity contribution in [2.24, 2.45) is 10.4 Å². The van der Waals surface area contributed by atoms with E-state index >= 15 is 0 Å². The summed E-state index contributed by atoms with van der Waals surface area (Å²) >= 11 is 0. The van der Waals surface area contributed by atoms with Gasteiger partial charge in [0.25, 0.3) is 0 Å². The van der Waals surface area contributed by atoms with E-state index in [4.69, 9.17) is 9.73 Å². The van der Waals surface area contributed by atoms with Crippen molar-refractivity contribution in [2.75, 3.05) is 46.5 Å². The molecular formula is C17H32IN3O3. The van der Waals surface area contributed by atoms with Crippen LogP contribution in [0.5, 0.6) is 0 Å². The zero-order valence-corrected chi connectivity index (χ0v) is 17.3. The Kier molecular flexibility index (Phi) is 9.95. The van der Waals surface area contributed by atoms with Gasteiger partial charge in [0.2, 0.25) is 0 Å². The predicted octanol–water partition coefficient (Wildman–Crippen LogP) is 2.42. The normalized spacial score (nSPS) is 23.4. The molecule has 1 atom stereocenters. The lowest BCUT2D eigenvalue weighted by molar-refractivity contribution is -0.140. The number of carbonyl (C=O) groups is 1.